The lowest BCUT2D eigenvalue weighted by molar-refractivity contribution is -0.138. The molecule has 2 heterocycles. The molecule has 0 bridgehead atoms. The molecule has 11 heteroatoms. The van der Waals surface area contributed by atoms with Crippen LogP contribution in [0.1, 0.15) is 16.0 Å². The summed E-state index contributed by atoms with van der Waals surface area (Å²) in [6.45, 7) is -0.488. The van der Waals surface area contributed by atoms with Crippen LogP contribution in [0.2, 0.25) is 0 Å². The average Bonchev–Trinajstić information content (AvgIpc) is 3.14. The fraction of sp³-hybridized carbons (Fsp3) is 0.125. The summed E-state index contributed by atoms with van der Waals surface area (Å²) in [7, 11) is 0. The van der Waals surface area contributed by atoms with Crippen LogP contribution >= 0.6 is 23.6 Å². The zero-order chi connectivity index (χ0) is 19.8. The van der Waals surface area contributed by atoms with Crippen molar-refractivity contribution in [2.45, 2.75) is 12.7 Å². The minimum Gasteiger partial charge on any atom is -0.493 e. The Bertz CT molecular complexity index is 1050. The highest BCUT2D eigenvalue weighted by atomic mass is 32.1. The summed E-state index contributed by atoms with van der Waals surface area (Å²) in [5.74, 6) is -1.47. The third-order valence-electron chi connectivity index (χ3n) is 3.59. The van der Waals surface area contributed by atoms with E-state index in [1.807, 2.05) is 0 Å². The molecule has 6 nitrogen and oxygen atoms in total. The fourth-order valence-electron chi connectivity index (χ4n) is 2.34. The quantitative estimate of drug-likeness (QED) is 0.743. The molecule has 0 amide bonds. The second-order valence-electron chi connectivity index (χ2n) is 5.40. The van der Waals surface area contributed by atoms with Gasteiger partial charge in [-0.05, 0) is 30.4 Å². The molecule has 1 aliphatic rings. The first-order chi connectivity index (χ1) is 12.7. The van der Waals surface area contributed by atoms with Gasteiger partial charge in [0.15, 0.2) is 3.95 Å². The number of thiazole rings is 1. The fourth-order valence-corrected chi connectivity index (χ4v) is 3.60. The number of aromatic hydroxyl groups is 1. The Morgan fingerprint density at radius 1 is 1.30 bits per heavy atom. The van der Waals surface area contributed by atoms with Gasteiger partial charge in [0.05, 0.1) is 16.7 Å². The van der Waals surface area contributed by atoms with Crippen LogP contribution in [0.5, 0.6) is 5.88 Å². The van der Waals surface area contributed by atoms with Crippen molar-refractivity contribution in [3.8, 4) is 5.88 Å². The van der Waals surface area contributed by atoms with E-state index < -0.39 is 24.3 Å². The number of halogens is 3. The summed E-state index contributed by atoms with van der Waals surface area (Å²) in [6, 6.07) is 4.44. The predicted molar refractivity (Wildman–Crippen MR) is 96.9 cm³/mol. The molecule has 140 valence electrons. The summed E-state index contributed by atoms with van der Waals surface area (Å²) in [4.78, 5) is 11.1. The minimum absolute atomic E-state index is 0.171. The van der Waals surface area contributed by atoms with Crippen molar-refractivity contribution in [1.82, 2.24) is 4.57 Å². The maximum atomic E-state index is 12.7. The SMILES string of the molecule is O=C(O)Cn1c(O)c(C=C2C=NN=C2c2ccc(C(F)(F)F)cc2)sc1=S. The number of aromatic nitrogens is 1. The Morgan fingerprint density at radius 2 is 1.96 bits per heavy atom. The number of nitrogens with zero attached hydrogens (tertiary/aromatic N) is 3. The van der Waals surface area contributed by atoms with Gasteiger partial charge >= 0.3 is 12.1 Å². The second-order valence-corrected chi connectivity index (χ2v) is 7.08. The molecule has 2 aromatic rings. The molecule has 1 aromatic heterocycles. The van der Waals surface area contributed by atoms with E-state index in [0.29, 0.717) is 21.7 Å². The van der Waals surface area contributed by atoms with Crippen molar-refractivity contribution in [3.05, 3.63) is 49.8 Å². The van der Waals surface area contributed by atoms with Crippen LogP contribution in [-0.2, 0) is 17.5 Å². The van der Waals surface area contributed by atoms with Crippen LogP contribution in [0, 0.1) is 3.95 Å². The lowest BCUT2D eigenvalue weighted by atomic mass is 10.0. The number of hydrogen-bond acceptors (Lipinski definition) is 6. The second kappa shape index (κ2) is 7.08. The van der Waals surface area contributed by atoms with Gasteiger partial charge in [0.25, 0.3) is 0 Å². The van der Waals surface area contributed by atoms with E-state index in [9.17, 15) is 23.1 Å². The van der Waals surface area contributed by atoms with Crippen molar-refractivity contribution < 1.29 is 28.2 Å². The largest absolute Gasteiger partial charge is 0.493 e. The lowest BCUT2D eigenvalue weighted by Crippen LogP contribution is -2.08. The molecule has 3 rings (SSSR count). The molecule has 1 aromatic carbocycles. The van der Waals surface area contributed by atoms with Gasteiger partial charge in [0.1, 0.15) is 12.3 Å². The highest BCUT2D eigenvalue weighted by molar-refractivity contribution is 7.73. The van der Waals surface area contributed by atoms with Crippen molar-refractivity contribution in [1.29, 1.82) is 0 Å². The monoisotopic (exact) mass is 413 g/mol. The molecular formula is C16H10F3N3O3S2. The van der Waals surface area contributed by atoms with Gasteiger partial charge in [0, 0.05) is 11.1 Å². The zero-order valence-corrected chi connectivity index (χ0v) is 14.9. The van der Waals surface area contributed by atoms with Crippen molar-refractivity contribution >= 4 is 47.5 Å². The van der Waals surface area contributed by atoms with Crippen molar-refractivity contribution in [3.63, 3.8) is 0 Å². The van der Waals surface area contributed by atoms with Crippen LogP contribution in [-0.4, -0.2) is 32.7 Å². The van der Waals surface area contributed by atoms with E-state index in [2.05, 4.69) is 10.2 Å². The molecule has 1 aliphatic heterocycles. The first kappa shape index (κ1) is 19.0. The van der Waals surface area contributed by atoms with Crippen LogP contribution in [0.15, 0.2) is 40.0 Å². The predicted octanol–water partition coefficient (Wildman–Crippen LogP) is 3.96. The highest BCUT2D eigenvalue weighted by Gasteiger charge is 2.30. The van der Waals surface area contributed by atoms with Gasteiger partial charge in [-0.2, -0.15) is 18.3 Å². The third kappa shape index (κ3) is 3.98. The first-order valence-electron chi connectivity index (χ1n) is 7.32. The number of benzene rings is 1. The Balaban J connectivity index is 1.94. The molecule has 0 atom stereocenters. The van der Waals surface area contributed by atoms with E-state index in [1.54, 1.807) is 0 Å². The van der Waals surface area contributed by atoms with Crippen molar-refractivity contribution in [2.75, 3.05) is 0 Å². The topological polar surface area (TPSA) is 87.2 Å². The van der Waals surface area contributed by atoms with E-state index in [1.165, 1.54) is 24.4 Å². The lowest BCUT2D eigenvalue weighted by Gasteiger charge is -2.08. The van der Waals surface area contributed by atoms with E-state index >= 15 is 0 Å². The van der Waals surface area contributed by atoms with Gasteiger partial charge in [-0.3, -0.25) is 9.36 Å². The standard InChI is InChI=1S/C16H10F3N3O3S2/c17-16(18,19)10-3-1-8(2-4-10)13-9(6-20-21-13)5-11-14(25)22(7-12(23)24)15(26)27-11/h1-6,25H,7H2,(H,23,24). The maximum Gasteiger partial charge on any atom is 0.416 e. The third-order valence-corrected chi connectivity index (χ3v) is 4.97. The Labute approximate surface area is 159 Å². The van der Waals surface area contributed by atoms with Crippen LogP contribution < -0.4 is 0 Å². The average molecular weight is 413 g/mol. The molecule has 0 unspecified atom stereocenters. The first-order valence-corrected chi connectivity index (χ1v) is 8.54. The molecule has 0 spiro atoms. The summed E-state index contributed by atoms with van der Waals surface area (Å²) < 4.78 is 39.3. The molecule has 0 aliphatic carbocycles. The summed E-state index contributed by atoms with van der Waals surface area (Å²) in [6.07, 6.45) is -1.55. The van der Waals surface area contributed by atoms with Crippen LogP contribution in [0.25, 0.3) is 6.08 Å². The van der Waals surface area contributed by atoms with Gasteiger partial charge < -0.3 is 10.2 Å². The molecular weight excluding hydrogens is 403 g/mol. The maximum absolute atomic E-state index is 12.7. The number of carboxylic acids is 1. The summed E-state index contributed by atoms with van der Waals surface area (Å²) >= 11 is 6.05. The zero-order valence-electron chi connectivity index (χ0n) is 13.3. The molecule has 0 fully saturated rings. The molecule has 2 N–H and O–H groups in total. The van der Waals surface area contributed by atoms with E-state index in [0.717, 1.165) is 28.0 Å². The Morgan fingerprint density at radius 3 is 2.56 bits per heavy atom. The smallest absolute Gasteiger partial charge is 0.416 e. The number of aliphatic carboxylic acids is 1. The van der Waals surface area contributed by atoms with Crippen LogP contribution in [0.4, 0.5) is 13.2 Å². The van der Waals surface area contributed by atoms with Gasteiger partial charge in [-0.1, -0.05) is 12.1 Å². The van der Waals surface area contributed by atoms with Crippen molar-refractivity contribution in [2.24, 2.45) is 10.2 Å². The highest BCUT2D eigenvalue weighted by Crippen LogP contribution is 2.31. The van der Waals surface area contributed by atoms with Gasteiger partial charge in [-0.15, -0.1) is 16.4 Å². The molecule has 0 saturated heterocycles. The number of hydrogen-bond donors (Lipinski definition) is 2. The summed E-state index contributed by atoms with van der Waals surface area (Å²) in [5.41, 5.74) is 0.411. The Hall–Kier alpha value is -2.79. The van der Waals surface area contributed by atoms with E-state index in [-0.39, 0.29) is 9.83 Å². The number of carbonyl (C=O) groups is 1. The number of alkyl halides is 3. The number of carboxylic acid groups (broad SMARTS) is 1. The number of allylic oxidation sites excluding steroid dienone is 1. The number of rotatable bonds is 4. The Kier molecular flexibility index (Phi) is 4.98. The molecule has 0 saturated carbocycles. The summed E-state index contributed by atoms with van der Waals surface area (Å²) in [5, 5.41) is 26.7. The van der Waals surface area contributed by atoms with E-state index in [4.69, 9.17) is 17.3 Å². The minimum atomic E-state index is -4.44. The molecule has 27 heavy (non-hydrogen) atoms. The normalized spacial score (nSPS) is 15.4. The van der Waals surface area contributed by atoms with Crippen LogP contribution in [0.3, 0.4) is 0 Å². The molecule has 0 radical (unpaired) electrons. The van der Waals surface area contributed by atoms with Gasteiger partial charge in [-0.25, -0.2) is 0 Å². The van der Waals surface area contributed by atoms with Gasteiger partial charge in [0.2, 0.25) is 5.88 Å².